The van der Waals surface area contributed by atoms with Crippen LogP contribution in [0.5, 0.6) is 0 Å². The van der Waals surface area contributed by atoms with Gasteiger partial charge >= 0.3 is 0 Å². The Kier molecular flexibility index (Phi) is 4.15. The highest BCUT2D eigenvalue weighted by molar-refractivity contribution is 6.41. The molecule has 0 unspecified atom stereocenters. The van der Waals surface area contributed by atoms with E-state index in [-0.39, 0.29) is 23.6 Å². The first-order chi connectivity index (χ1) is 10.5. The number of halogens is 3. The van der Waals surface area contributed by atoms with Crippen molar-refractivity contribution < 1.29 is 9.18 Å². The lowest BCUT2D eigenvalue weighted by Gasteiger charge is -2.07. The molecule has 0 saturated heterocycles. The maximum atomic E-state index is 12.9. The topological polar surface area (TPSA) is 34.0 Å². The second kappa shape index (κ2) is 5.94. The maximum Gasteiger partial charge on any atom is 0.224 e. The summed E-state index contributed by atoms with van der Waals surface area (Å²) in [5.41, 5.74) is 1.86. The molecule has 116 valence electrons. The van der Waals surface area contributed by atoms with Crippen molar-refractivity contribution in [3.63, 3.8) is 0 Å². The van der Waals surface area contributed by atoms with Crippen LogP contribution >= 0.6 is 23.2 Å². The van der Waals surface area contributed by atoms with Gasteiger partial charge in [0.25, 0.3) is 0 Å². The number of aromatic nitrogens is 1. The first-order valence-corrected chi connectivity index (χ1v) is 7.75. The van der Waals surface area contributed by atoms with Crippen LogP contribution in [0.4, 0.5) is 4.39 Å². The van der Waals surface area contributed by atoms with E-state index in [4.69, 9.17) is 23.2 Å². The van der Waals surface area contributed by atoms with Gasteiger partial charge < -0.3 is 9.88 Å². The van der Waals surface area contributed by atoms with E-state index in [0.29, 0.717) is 16.7 Å². The predicted molar refractivity (Wildman–Crippen MR) is 84.5 cm³/mol. The van der Waals surface area contributed by atoms with Crippen LogP contribution in [0.25, 0.3) is 0 Å². The molecule has 3 nitrogen and oxygen atoms in total. The smallest absolute Gasteiger partial charge is 0.224 e. The van der Waals surface area contributed by atoms with E-state index in [2.05, 4.69) is 5.32 Å². The van der Waals surface area contributed by atoms with E-state index in [9.17, 15) is 9.18 Å². The van der Waals surface area contributed by atoms with Crippen molar-refractivity contribution in [1.82, 2.24) is 9.88 Å². The fourth-order valence-corrected chi connectivity index (χ4v) is 3.05. The van der Waals surface area contributed by atoms with Crippen molar-refractivity contribution in [2.24, 2.45) is 13.0 Å². The molecule has 0 aliphatic heterocycles. The number of carbonyl (C=O) groups is 1. The van der Waals surface area contributed by atoms with Crippen LogP contribution in [0, 0.1) is 11.7 Å². The largest absolute Gasteiger partial charge is 0.350 e. The van der Waals surface area contributed by atoms with Crippen LogP contribution in [0.15, 0.2) is 30.3 Å². The summed E-state index contributed by atoms with van der Waals surface area (Å²) >= 11 is 11.9. The quantitative estimate of drug-likeness (QED) is 0.899. The van der Waals surface area contributed by atoms with Crippen molar-refractivity contribution in [3.8, 4) is 0 Å². The van der Waals surface area contributed by atoms with Crippen LogP contribution in [-0.2, 0) is 18.4 Å². The van der Waals surface area contributed by atoms with Crippen LogP contribution in [0.3, 0.4) is 0 Å². The predicted octanol–water partition coefficient (Wildman–Crippen LogP) is 3.89. The molecule has 1 aromatic heterocycles. The summed E-state index contributed by atoms with van der Waals surface area (Å²) in [6, 6.07) is 8.08. The summed E-state index contributed by atoms with van der Waals surface area (Å²) in [4.78, 5) is 12.2. The minimum absolute atomic E-state index is 0.00256. The van der Waals surface area contributed by atoms with Crippen molar-refractivity contribution in [2.45, 2.75) is 18.9 Å². The Bertz CT molecular complexity index is 712. The summed E-state index contributed by atoms with van der Waals surface area (Å²) in [6.45, 7) is 0.383. The average Bonchev–Trinajstić information content (AvgIpc) is 3.26. The third kappa shape index (κ3) is 2.99. The molecule has 2 aromatic rings. The monoisotopic (exact) mass is 340 g/mol. The van der Waals surface area contributed by atoms with E-state index in [1.54, 1.807) is 29.8 Å². The number of carbonyl (C=O) groups excluding carboxylic acids is 1. The van der Waals surface area contributed by atoms with Gasteiger partial charge in [-0.3, -0.25) is 4.79 Å². The Hall–Kier alpha value is -1.52. The zero-order valence-electron chi connectivity index (χ0n) is 11.9. The normalized spacial score (nSPS) is 20.0. The molecule has 1 aromatic carbocycles. The molecule has 1 N–H and O–H groups in total. The van der Waals surface area contributed by atoms with Gasteiger partial charge in [-0.1, -0.05) is 35.3 Å². The van der Waals surface area contributed by atoms with E-state index in [0.717, 1.165) is 17.7 Å². The van der Waals surface area contributed by atoms with Gasteiger partial charge in [0, 0.05) is 18.7 Å². The van der Waals surface area contributed by atoms with Crippen LogP contribution in [0.2, 0.25) is 10.2 Å². The van der Waals surface area contributed by atoms with E-state index >= 15 is 0 Å². The fourth-order valence-electron chi connectivity index (χ4n) is 2.63. The van der Waals surface area contributed by atoms with Gasteiger partial charge in [0.15, 0.2) is 0 Å². The summed E-state index contributed by atoms with van der Waals surface area (Å²) in [5.74, 6) is -0.122. The van der Waals surface area contributed by atoms with Gasteiger partial charge in [0.2, 0.25) is 5.91 Å². The molecule has 0 spiro atoms. The van der Waals surface area contributed by atoms with Crippen molar-refractivity contribution >= 4 is 29.1 Å². The lowest BCUT2D eigenvalue weighted by Crippen LogP contribution is -2.25. The first-order valence-electron chi connectivity index (χ1n) is 7.00. The van der Waals surface area contributed by atoms with E-state index in [1.165, 1.54) is 12.1 Å². The second-order valence-electron chi connectivity index (χ2n) is 5.55. The SMILES string of the molecule is Cn1c(CNC(=O)[C@@H]2C[C@@H]2c2ccc(F)cc2)cc(Cl)c1Cl. The summed E-state index contributed by atoms with van der Waals surface area (Å²) in [5, 5.41) is 3.84. The number of hydrogen-bond acceptors (Lipinski definition) is 1. The van der Waals surface area contributed by atoms with Gasteiger partial charge in [-0.15, -0.1) is 0 Å². The molecule has 22 heavy (non-hydrogen) atoms. The lowest BCUT2D eigenvalue weighted by atomic mass is 10.1. The zero-order chi connectivity index (χ0) is 15.9. The van der Waals surface area contributed by atoms with Gasteiger partial charge in [-0.25, -0.2) is 4.39 Å². The third-order valence-electron chi connectivity index (χ3n) is 4.08. The molecule has 1 aliphatic carbocycles. The van der Waals surface area contributed by atoms with E-state index in [1.807, 2.05) is 0 Å². The van der Waals surface area contributed by atoms with Gasteiger partial charge in [-0.2, -0.15) is 0 Å². The summed E-state index contributed by atoms with van der Waals surface area (Å²) < 4.78 is 14.6. The summed E-state index contributed by atoms with van der Waals surface area (Å²) in [7, 11) is 1.80. The number of hydrogen-bond donors (Lipinski definition) is 1. The number of amides is 1. The highest BCUT2D eigenvalue weighted by Crippen LogP contribution is 2.47. The highest BCUT2D eigenvalue weighted by atomic mass is 35.5. The minimum atomic E-state index is -0.261. The maximum absolute atomic E-state index is 12.9. The van der Waals surface area contributed by atoms with Crippen LogP contribution in [0.1, 0.15) is 23.6 Å². The number of rotatable bonds is 4. The summed E-state index contributed by atoms with van der Waals surface area (Å²) in [6.07, 6.45) is 0.798. The minimum Gasteiger partial charge on any atom is -0.350 e. The molecule has 1 heterocycles. The van der Waals surface area contributed by atoms with Gasteiger partial charge in [0.05, 0.1) is 11.6 Å². The molecule has 1 fully saturated rings. The molecular formula is C16H15Cl2FN2O. The Balaban J connectivity index is 1.57. The molecular weight excluding hydrogens is 326 g/mol. The van der Waals surface area contributed by atoms with Crippen LogP contribution < -0.4 is 5.32 Å². The van der Waals surface area contributed by atoms with Crippen LogP contribution in [-0.4, -0.2) is 10.5 Å². The highest BCUT2D eigenvalue weighted by Gasteiger charge is 2.43. The van der Waals surface area contributed by atoms with Gasteiger partial charge in [0.1, 0.15) is 11.0 Å². The Morgan fingerprint density at radius 2 is 2.05 bits per heavy atom. The molecule has 0 bridgehead atoms. The molecule has 2 atom stereocenters. The molecule has 1 saturated carbocycles. The fraction of sp³-hybridized carbons (Fsp3) is 0.312. The molecule has 0 radical (unpaired) electrons. The Morgan fingerprint density at radius 1 is 1.36 bits per heavy atom. The number of nitrogens with one attached hydrogen (secondary N) is 1. The Labute approximate surface area is 138 Å². The number of nitrogens with zero attached hydrogens (tertiary/aromatic N) is 1. The van der Waals surface area contributed by atoms with Crippen molar-refractivity contribution in [2.75, 3.05) is 0 Å². The molecule has 3 rings (SSSR count). The third-order valence-corrected chi connectivity index (χ3v) is 4.93. The van der Waals surface area contributed by atoms with E-state index < -0.39 is 0 Å². The average molecular weight is 341 g/mol. The standard InChI is InChI=1S/C16H15Cl2FN2O/c1-21-11(6-14(17)15(21)18)8-20-16(22)13-7-12(13)9-2-4-10(19)5-3-9/h2-6,12-13H,7-8H2,1H3,(H,20,22)/t12-,13-/m1/s1. The first kappa shape index (κ1) is 15.4. The molecule has 1 amide bonds. The zero-order valence-corrected chi connectivity index (χ0v) is 13.5. The second-order valence-corrected chi connectivity index (χ2v) is 6.32. The molecule has 1 aliphatic rings. The lowest BCUT2D eigenvalue weighted by molar-refractivity contribution is -0.122. The van der Waals surface area contributed by atoms with Crippen molar-refractivity contribution in [3.05, 3.63) is 57.6 Å². The Morgan fingerprint density at radius 3 is 2.64 bits per heavy atom. The van der Waals surface area contributed by atoms with Crippen molar-refractivity contribution in [1.29, 1.82) is 0 Å². The van der Waals surface area contributed by atoms with Gasteiger partial charge in [-0.05, 0) is 36.1 Å². The molecule has 6 heteroatoms. The number of benzene rings is 1.